The van der Waals surface area contributed by atoms with E-state index in [0.717, 1.165) is 10.4 Å². The number of rotatable bonds is 3. The van der Waals surface area contributed by atoms with Crippen molar-refractivity contribution >= 4 is 11.3 Å². The molecule has 0 saturated heterocycles. The van der Waals surface area contributed by atoms with Crippen LogP contribution in [0.15, 0.2) is 28.4 Å². The second-order valence-corrected chi connectivity index (χ2v) is 4.64. The summed E-state index contributed by atoms with van der Waals surface area (Å²) in [7, 11) is 1.51. The van der Waals surface area contributed by atoms with Crippen LogP contribution in [0.2, 0.25) is 0 Å². The van der Waals surface area contributed by atoms with Gasteiger partial charge in [0.25, 0.3) is 5.56 Å². The smallest absolute Gasteiger partial charge is 0.267 e. The van der Waals surface area contributed by atoms with Crippen molar-refractivity contribution in [3.63, 3.8) is 0 Å². The van der Waals surface area contributed by atoms with Crippen LogP contribution >= 0.6 is 11.3 Å². The summed E-state index contributed by atoms with van der Waals surface area (Å²) in [5.41, 5.74) is 6.06. The van der Waals surface area contributed by atoms with Gasteiger partial charge >= 0.3 is 0 Å². The summed E-state index contributed by atoms with van der Waals surface area (Å²) in [4.78, 5) is 12.7. The summed E-state index contributed by atoms with van der Waals surface area (Å²) in [5.74, 6) is 6.20. The first kappa shape index (κ1) is 13.3. The van der Waals surface area contributed by atoms with Crippen LogP contribution in [-0.4, -0.2) is 23.4 Å². The van der Waals surface area contributed by atoms with Gasteiger partial charge in [0.05, 0.1) is 20.2 Å². The quantitative estimate of drug-likeness (QED) is 0.836. The average molecular weight is 275 g/mol. The number of hydrogen-bond acceptors (Lipinski definition) is 5. The number of methoxy groups -OCH3 is 1. The van der Waals surface area contributed by atoms with E-state index in [-0.39, 0.29) is 5.56 Å². The zero-order valence-corrected chi connectivity index (χ0v) is 11.2. The molecule has 98 valence electrons. The molecule has 5 nitrogen and oxygen atoms in total. The number of nitrogens with zero attached hydrogens (tertiary/aromatic N) is 2. The molecule has 0 bridgehead atoms. The van der Waals surface area contributed by atoms with E-state index in [4.69, 9.17) is 10.5 Å². The molecular weight excluding hydrogens is 262 g/mol. The summed E-state index contributed by atoms with van der Waals surface area (Å²) < 4.78 is 6.37. The Labute approximate surface area is 114 Å². The van der Waals surface area contributed by atoms with Crippen LogP contribution in [0.25, 0.3) is 0 Å². The van der Waals surface area contributed by atoms with Crippen LogP contribution in [0.3, 0.4) is 0 Å². The summed E-state index contributed by atoms with van der Waals surface area (Å²) >= 11 is 1.53. The molecule has 6 heteroatoms. The molecule has 2 aromatic heterocycles. The van der Waals surface area contributed by atoms with E-state index in [1.807, 2.05) is 11.4 Å². The van der Waals surface area contributed by atoms with Crippen molar-refractivity contribution in [2.75, 3.05) is 13.7 Å². The van der Waals surface area contributed by atoms with E-state index >= 15 is 0 Å². The summed E-state index contributed by atoms with van der Waals surface area (Å²) in [6, 6.07) is 4.89. The molecule has 0 aromatic carbocycles. The Bertz CT molecular complexity index is 679. The Morgan fingerprint density at radius 1 is 1.47 bits per heavy atom. The van der Waals surface area contributed by atoms with Crippen molar-refractivity contribution in [1.82, 2.24) is 9.78 Å². The largest absolute Gasteiger partial charge is 0.480 e. The molecule has 19 heavy (non-hydrogen) atoms. The van der Waals surface area contributed by atoms with Gasteiger partial charge in [-0.1, -0.05) is 11.8 Å². The van der Waals surface area contributed by atoms with Gasteiger partial charge in [-0.15, -0.1) is 16.4 Å². The lowest BCUT2D eigenvalue weighted by atomic mass is 10.2. The van der Waals surface area contributed by atoms with Crippen molar-refractivity contribution in [3.05, 3.63) is 44.4 Å². The molecule has 0 amide bonds. The molecule has 0 unspecified atom stereocenters. The summed E-state index contributed by atoms with van der Waals surface area (Å²) in [5, 5.41) is 6.03. The zero-order valence-electron chi connectivity index (χ0n) is 10.4. The third kappa shape index (κ3) is 3.22. The highest BCUT2D eigenvalue weighted by molar-refractivity contribution is 7.10. The number of hydrogen-bond donors (Lipinski definition) is 1. The molecule has 0 saturated carbocycles. The molecule has 0 fully saturated rings. The van der Waals surface area contributed by atoms with Gasteiger partial charge < -0.3 is 10.5 Å². The standard InChI is InChI=1S/C13H13N3O2S/c1-18-12-4-5-13(17)16(15-12)9-11-10(3-2-7-14)6-8-19-11/h4-6,8H,7,9,14H2,1H3. The van der Waals surface area contributed by atoms with Crippen molar-refractivity contribution in [2.45, 2.75) is 6.54 Å². The molecule has 0 atom stereocenters. The SMILES string of the molecule is COc1ccc(=O)n(Cc2sccc2C#CCN)n1. The van der Waals surface area contributed by atoms with Gasteiger partial charge in [-0.2, -0.15) is 0 Å². The molecule has 0 aliphatic heterocycles. The Morgan fingerprint density at radius 2 is 2.32 bits per heavy atom. The van der Waals surface area contributed by atoms with Crippen LogP contribution in [-0.2, 0) is 6.54 Å². The van der Waals surface area contributed by atoms with Gasteiger partial charge in [-0.3, -0.25) is 4.79 Å². The third-order valence-electron chi connectivity index (χ3n) is 2.42. The Balaban J connectivity index is 2.31. The first-order valence-corrected chi connectivity index (χ1v) is 6.50. The first-order chi connectivity index (χ1) is 9.24. The fraction of sp³-hybridized carbons (Fsp3) is 0.231. The van der Waals surface area contributed by atoms with Crippen LogP contribution in [0, 0.1) is 11.8 Å². The second-order valence-electron chi connectivity index (χ2n) is 3.63. The lowest BCUT2D eigenvalue weighted by molar-refractivity contribution is 0.379. The third-order valence-corrected chi connectivity index (χ3v) is 3.32. The van der Waals surface area contributed by atoms with Gasteiger partial charge in [0.15, 0.2) is 0 Å². The van der Waals surface area contributed by atoms with Crippen LogP contribution < -0.4 is 16.0 Å². The van der Waals surface area contributed by atoms with Gasteiger partial charge in [0.2, 0.25) is 5.88 Å². The molecule has 2 N–H and O–H groups in total. The minimum absolute atomic E-state index is 0.174. The van der Waals surface area contributed by atoms with Crippen LogP contribution in [0.5, 0.6) is 5.88 Å². The normalized spacial score (nSPS) is 9.79. The monoisotopic (exact) mass is 275 g/mol. The Kier molecular flexibility index (Phi) is 4.34. The fourth-order valence-corrected chi connectivity index (χ4v) is 2.32. The van der Waals surface area contributed by atoms with Crippen LogP contribution in [0.1, 0.15) is 10.4 Å². The molecule has 0 aliphatic rings. The molecule has 0 aliphatic carbocycles. The maximum absolute atomic E-state index is 11.7. The number of aromatic nitrogens is 2. The molecular formula is C13H13N3O2S. The van der Waals surface area contributed by atoms with E-state index in [1.165, 1.54) is 29.2 Å². The van der Waals surface area contributed by atoms with Crippen LogP contribution in [0.4, 0.5) is 0 Å². The molecule has 2 rings (SSSR count). The topological polar surface area (TPSA) is 70.1 Å². The number of ether oxygens (including phenoxy) is 1. The Morgan fingerprint density at radius 3 is 3.05 bits per heavy atom. The maximum Gasteiger partial charge on any atom is 0.267 e. The molecule has 2 heterocycles. The minimum Gasteiger partial charge on any atom is -0.480 e. The highest BCUT2D eigenvalue weighted by Gasteiger charge is 2.06. The van der Waals surface area contributed by atoms with Crippen molar-refractivity contribution in [1.29, 1.82) is 0 Å². The molecule has 2 aromatic rings. The highest BCUT2D eigenvalue weighted by atomic mass is 32.1. The zero-order chi connectivity index (χ0) is 13.7. The van der Waals surface area contributed by atoms with E-state index in [2.05, 4.69) is 16.9 Å². The van der Waals surface area contributed by atoms with E-state index in [1.54, 1.807) is 6.07 Å². The lowest BCUT2D eigenvalue weighted by Crippen LogP contribution is -2.22. The van der Waals surface area contributed by atoms with E-state index in [9.17, 15) is 4.79 Å². The predicted octanol–water partition coefficient (Wildman–Crippen LogP) is 0.672. The lowest BCUT2D eigenvalue weighted by Gasteiger charge is -2.05. The van der Waals surface area contributed by atoms with Crippen molar-refractivity contribution in [2.24, 2.45) is 5.73 Å². The van der Waals surface area contributed by atoms with Crippen molar-refractivity contribution in [3.8, 4) is 17.7 Å². The maximum atomic E-state index is 11.7. The van der Waals surface area contributed by atoms with Gasteiger partial charge in [-0.05, 0) is 11.4 Å². The van der Waals surface area contributed by atoms with E-state index < -0.39 is 0 Å². The summed E-state index contributed by atoms with van der Waals surface area (Å²) in [6.07, 6.45) is 0. The fourth-order valence-electron chi connectivity index (χ4n) is 1.51. The van der Waals surface area contributed by atoms with Gasteiger partial charge in [0, 0.05) is 22.6 Å². The van der Waals surface area contributed by atoms with Gasteiger partial charge in [-0.25, -0.2) is 4.68 Å². The molecule has 0 spiro atoms. The highest BCUT2D eigenvalue weighted by Crippen LogP contribution is 2.16. The van der Waals surface area contributed by atoms with E-state index in [0.29, 0.717) is 19.0 Å². The Hall–Kier alpha value is -2.10. The molecule has 0 radical (unpaired) electrons. The first-order valence-electron chi connectivity index (χ1n) is 5.62. The minimum atomic E-state index is -0.174. The number of thiophene rings is 1. The predicted molar refractivity (Wildman–Crippen MR) is 74.4 cm³/mol. The average Bonchev–Trinajstić information content (AvgIpc) is 2.86. The summed E-state index contributed by atoms with van der Waals surface area (Å²) in [6.45, 7) is 0.689. The van der Waals surface area contributed by atoms with Crippen molar-refractivity contribution < 1.29 is 4.74 Å². The van der Waals surface area contributed by atoms with Gasteiger partial charge in [0.1, 0.15) is 0 Å². The second kappa shape index (κ2) is 6.18. The number of nitrogens with two attached hydrogens (primary N) is 1.